The second-order valence-electron chi connectivity index (χ2n) is 4.98. The standard InChI is InChI=1S/C12H21N3/c1-9-4-5-11(8-10(9)2)13-12-6-7-15(3)14-12/h6-7,9-11H,4-5,8H2,1-3H3,(H,13,14)/t9-,10-,11-/m0/s1. The van der Waals surface area contributed by atoms with Gasteiger partial charge in [0.15, 0.2) is 0 Å². The highest BCUT2D eigenvalue weighted by molar-refractivity contribution is 5.33. The summed E-state index contributed by atoms with van der Waals surface area (Å²) < 4.78 is 1.84. The lowest BCUT2D eigenvalue weighted by atomic mass is 9.79. The molecule has 84 valence electrons. The molecule has 1 aliphatic rings. The van der Waals surface area contributed by atoms with E-state index in [-0.39, 0.29) is 0 Å². The molecule has 1 heterocycles. The number of hydrogen-bond acceptors (Lipinski definition) is 2. The van der Waals surface area contributed by atoms with Crippen LogP contribution in [0.4, 0.5) is 5.82 Å². The summed E-state index contributed by atoms with van der Waals surface area (Å²) in [5, 5.41) is 7.88. The molecule has 2 rings (SSSR count). The van der Waals surface area contributed by atoms with Crippen LogP contribution in [0.15, 0.2) is 12.3 Å². The largest absolute Gasteiger partial charge is 0.366 e. The lowest BCUT2D eigenvalue weighted by Crippen LogP contribution is -2.30. The quantitative estimate of drug-likeness (QED) is 0.808. The van der Waals surface area contributed by atoms with Crippen molar-refractivity contribution in [2.24, 2.45) is 18.9 Å². The van der Waals surface area contributed by atoms with Crippen LogP contribution in [0.5, 0.6) is 0 Å². The zero-order valence-electron chi connectivity index (χ0n) is 9.90. The van der Waals surface area contributed by atoms with Crippen molar-refractivity contribution in [3.05, 3.63) is 12.3 Å². The minimum absolute atomic E-state index is 0.617. The third kappa shape index (κ3) is 2.52. The molecule has 3 heteroatoms. The highest BCUT2D eigenvalue weighted by Gasteiger charge is 2.24. The van der Waals surface area contributed by atoms with Gasteiger partial charge in [0.05, 0.1) is 0 Å². The summed E-state index contributed by atoms with van der Waals surface area (Å²) in [4.78, 5) is 0. The zero-order chi connectivity index (χ0) is 10.8. The third-order valence-electron chi connectivity index (χ3n) is 3.66. The Labute approximate surface area is 91.9 Å². The van der Waals surface area contributed by atoms with E-state index in [4.69, 9.17) is 0 Å². The van der Waals surface area contributed by atoms with Gasteiger partial charge in [0, 0.05) is 25.4 Å². The number of rotatable bonds is 2. The van der Waals surface area contributed by atoms with Crippen LogP contribution in [0.2, 0.25) is 0 Å². The van der Waals surface area contributed by atoms with Gasteiger partial charge in [-0.3, -0.25) is 4.68 Å². The molecule has 0 amide bonds. The van der Waals surface area contributed by atoms with E-state index in [1.54, 1.807) is 0 Å². The molecule has 0 radical (unpaired) electrons. The van der Waals surface area contributed by atoms with Crippen LogP contribution in [-0.2, 0) is 7.05 Å². The van der Waals surface area contributed by atoms with E-state index in [0.717, 1.165) is 17.7 Å². The Morgan fingerprint density at radius 3 is 2.73 bits per heavy atom. The average Bonchev–Trinajstić information content (AvgIpc) is 2.58. The van der Waals surface area contributed by atoms with Crippen molar-refractivity contribution in [3.63, 3.8) is 0 Å². The molecular formula is C12H21N3. The summed E-state index contributed by atoms with van der Waals surface area (Å²) in [6.07, 6.45) is 5.88. The predicted molar refractivity (Wildman–Crippen MR) is 62.8 cm³/mol. The molecule has 1 N–H and O–H groups in total. The van der Waals surface area contributed by atoms with Gasteiger partial charge >= 0.3 is 0 Å². The van der Waals surface area contributed by atoms with Crippen LogP contribution in [0.3, 0.4) is 0 Å². The fourth-order valence-corrected chi connectivity index (χ4v) is 2.38. The van der Waals surface area contributed by atoms with Crippen LogP contribution in [-0.4, -0.2) is 15.8 Å². The van der Waals surface area contributed by atoms with Gasteiger partial charge in [-0.05, 0) is 31.1 Å². The van der Waals surface area contributed by atoms with Gasteiger partial charge in [0.25, 0.3) is 0 Å². The first kappa shape index (κ1) is 10.5. The van der Waals surface area contributed by atoms with Gasteiger partial charge in [-0.2, -0.15) is 5.10 Å². The summed E-state index contributed by atoms with van der Waals surface area (Å²) >= 11 is 0. The van der Waals surface area contributed by atoms with Crippen LogP contribution in [0.25, 0.3) is 0 Å². The number of nitrogens with one attached hydrogen (secondary N) is 1. The molecule has 1 fully saturated rings. The fraction of sp³-hybridized carbons (Fsp3) is 0.750. The maximum atomic E-state index is 4.35. The molecule has 0 unspecified atom stereocenters. The van der Waals surface area contributed by atoms with Crippen LogP contribution in [0.1, 0.15) is 33.1 Å². The number of anilines is 1. The monoisotopic (exact) mass is 207 g/mol. The first-order valence-electron chi connectivity index (χ1n) is 5.91. The molecule has 3 atom stereocenters. The summed E-state index contributed by atoms with van der Waals surface area (Å²) in [6.45, 7) is 4.72. The maximum absolute atomic E-state index is 4.35. The summed E-state index contributed by atoms with van der Waals surface area (Å²) in [5.41, 5.74) is 0. The maximum Gasteiger partial charge on any atom is 0.148 e. The predicted octanol–water partition coefficient (Wildman–Crippen LogP) is 2.66. The second-order valence-corrected chi connectivity index (χ2v) is 4.98. The van der Waals surface area contributed by atoms with Gasteiger partial charge in [-0.1, -0.05) is 13.8 Å². The van der Waals surface area contributed by atoms with Crippen molar-refractivity contribution in [1.82, 2.24) is 9.78 Å². The highest BCUT2D eigenvalue weighted by Crippen LogP contribution is 2.30. The second kappa shape index (κ2) is 4.25. The zero-order valence-corrected chi connectivity index (χ0v) is 9.90. The number of aryl methyl sites for hydroxylation is 1. The van der Waals surface area contributed by atoms with Crippen LogP contribution >= 0.6 is 0 Å². The van der Waals surface area contributed by atoms with Gasteiger partial charge in [-0.25, -0.2) is 0 Å². The average molecular weight is 207 g/mol. The number of aromatic nitrogens is 2. The van der Waals surface area contributed by atoms with Gasteiger partial charge in [0.2, 0.25) is 0 Å². The summed E-state index contributed by atoms with van der Waals surface area (Å²) in [6, 6.07) is 2.66. The third-order valence-corrected chi connectivity index (χ3v) is 3.66. The molecule has 3 nitrogen and oxygen atoms in total. The minimum atomic E-state index is 0.617. The molecule has 0 spiro atoms. The molecule has 1 aromatic rings. The molecule has 1 aliphatic carbocycles. The summed E-state index contributed by atoms with van der Waals surface area (Å²) in [7, 11) is 1.96. The Kier molecular flexibility index (Phi) is 2.98. The van der Waals surface area contributed by atoms with Crippen molar-refractivity contribution >= 4 is 5.82 Å². The van der Waals surface area contributed by atoms with Gasteiger partial charge in [-0.15, -0.1) is 0 Å². The SMILES string of the molecule is C[C@H]1CC[C@H](Nc2ccn(C)n2)C[C@@H]1C. The molecule has 1 saturated carbocycles. The van der Waals surface area contributed by atoms with E-state index in [0.29, 0.717) is 6.04 Å². The molecule has 0 aromatic carbocycles. The van der Waals surface area contributed by atoms with E-state index in [9.17, 15) is 0 Å². The Balaban J connectivity index is 1.90. The number of nitrogens with zero attached hydrogens (tertiary/aromatic N) is 2. The smallest absolute Gasteiger partial charge is 0.148 e. The molecule has 0 aliphatic heterocycles. The van der Waals surface area contributed by atoms with Crippen molar-refractivity contribution in [1.29, 1.82) is 0 Å². The van der Waals surface area contributed by atoms with E-state index in [1.807, 2.05) is 24.0 Å². The first-order valence-corrected chi connectivity index (χ1v) is 5.91. The van der Waals surface area contributed by atoms with Gasteiger partial charge < -0.3 is 5.32 Å². The normalized spacial score (nSPS) is 31.5. The first-order chi connectivity index (χ1) is 7.15. The Morgan fingerprint density at radius 1 is 1.33 bits per heavy atom. The molecule has 15 heavy (non-hydrogen) atoms. The van der Waals surface area contributed by atoms with Crippen molar-refractivity contribution in [2.45, 2.75) is 39.2 Å². The Bertz CT molecular complexity index is 318. The van der Waals surface area contributed by atoms with Crippen LogP contribution < -0.4 is 5.32 Å². The Morgan fingerprint density at radius 2 is 2.13 bits per heavy atom. The van der Waals surface area contributed by atoms with E-state index >= 15 is 0 Å². The lowest BCUT2D eigenvalue weighted by Gasteiger charge is -2.32. The minimum Gasteiger partial charge on any atom is -0.366 e. The highest BCUT2D eigenvalue weighted by atomic mass is 15.3. The molecule has 0 bridgehead atoms. The fourth-order valence-electron chi connectivity index (χ4n) is 2.38. The molecule has 0 saturated heterocycles. The topological polar surface area (TPSA) is 29.9 Å². The molecule has 1 aromatic heterocycles. The molecular weight excluding hydrogens is 186 g/mol. The van der Waals surface area contributed by atoms with E-state index in [2.05, 4.69) is 24.3 Å². The van der Waals surface area contributed by atoms with Gasteiger partial charge in [0.1, 0.15) is 5.82 Å². The number of hydrogen-bond donors (Lipinski definition) is 1. The lowest BCUT2D eigenvalue weighted by molar-refractivity contribution is 0.260. The van der Waals surface area contributed by atoms with Crippen molar-refractivity contribution in [2.75, 3.05) is 5.32 Å². The Hall–Kier alpha value is -0.990. The summed E-state index contributed by atoms with van der Waals surface area (Å²) in [5.74, 6) is 2.73. The van der Waals surface area contributed by atoms with E-state index in [1.165, 1.54) is 19.3 Å². The van der Waals surface area contributed by atoms with Crippen molar-refractivity contribution in [3.8, 4) is 0 Å². The van der Waals surface area contributed by atoms with E-state index < -0.39 is 0 Å². The van der Waals surface area contributed by atoms with Crippen LogP contribution in [0, 0.1) is 11.8 Å². The van der Waals surface area contributed by atoms with Crippen molar-refractivity contribution < 1.29 is 0 Å².